The van der Waals surface area contributed by atoms with Gasteiger partial charge in [0.2, 0.25) is 0 Å². The van der Waals surface area contributed by atoms with Crippen molar-refractivity contribution in [3.05, 3.63) is 35.1 Å². The van der Waals surface area contributed by atoms with Crippen LogP contribution in [0.1, 0.15) is 36.2 Å². The van der Waals surface area contributed by atoms with Crippen LogP contribution in [0.5, 0.6) is 0 Å². The summed E-state index contributed by atoms with van der Waals surface area (Å²) in [5.41, 5.74) is 6.61. The van der Waals surface area contributed by atoms with E-state index >= 15 is 0 Å². The van der Waals surface area contributed by atoms with E-state index in [0.29, 0.717) is 18.0 Å². The first kappa shape index (κ1) is 14.6. The SMILES string of the molecule is Cc1cc(F)cc(C(=O)NC(CCN)C(C)C)c1. The molecule has 0 heterocycles. The van der Waals surface area contributed by atoms with E-state index in [1.165, 1.54) is 12.1 Å². The third-order valence-electron chi connectivity index (χ3n) is 2.90. The Morgan fingerprint density at radius 1 is 1.39 bits per heavy atom. The molecule has 0 bridgehead atoms. The molecule has 0 aliphatic heterocycles. The molecule has 0 aromatic heterocycles. The van der Waals surface area contributed by atoms with Gasteiger partial charge in [-0.15, -0.1) is 0 Å². The van der Waals surface area contributed by atoms with Gasteiger partial charge in [-0.05, 0) is 49.6 Å². The molecule has 3 N–H and O–H groups in total. The standard InChI is InChI=1S/C14H21FN2O/c1-9(2)13(4-5-16)17-14(18)11-6-10(3)7-12(15)8-11/h6-9,13H,4-5,16H2,1-3H3,(H,17,18). The Morgan fingerprint density at radius 3 is 2.56 bits per heavy atom. The predicted molar refractivity (Wildman–Crippen MR) is 70.9 cm³/mol. The summed E-state index contributed by atoms with van der Waals surface area (Å²) in [5, 5.41) is 2.90. The predicted octanol–water partition coefficient (Wildman–Crippen LogP) is 2.24. The summed E-state index contributed by atoms with van der Waals surface area (Å²) in [7, 11) is 0. The first-order valence-corrected chi connectivity index (χ1v) is 6.22. The lowest BCUT2D eigenvalue weighted by molar-refractivity contribution is 0.0923. The second-order valence-corrected chi connectivity index (χ2v) is 4.92. The minimum Gasteiger partial charge on any atom is -0.349 e. The van der Waals surface area contributed by atoms with Crippen LogP contribution in [-0.2, 0) is 0 Å². The van der Waals surface area contributed by atoms with Crippen molar-refractivity contribution in [1.29, 1.82) is 0 Å². The second-order valence-electron chi connectivity index (χ2n) is 4.92. The van der Waals surface area contributed by atoms with Crippen molar-refractivity contribution in [3.63, 3.8) is 0 Å². The zero-order valence-electron chi connectivity index (χ0n) is 11.2. The van der Waals surface area contributed by atoms with Gasteiger partial charge in [-0.1, -0.05) is 13.8 Å². The van der Waals surface area contributed by atoms with Crippen LogP contribution in [0.25, 0.3) is 0 Å². The largest absolute Gasteiger partial charge is 0.349 e. The number of benzene rings is 1. The first-order chi connectivity index (χ1) is 8.43. The van der Waals surface area contributed by atoms with Gasteiger partial charge in [0, 0.05) is 11.6 Å². The van der Waals surface area contributed by atoms with Gasteiger partial charge in [-0.2, -0.15) is 0 Å². The van der Waals surface area contributed by atoms with Crippen LogP contribution in [0.15, 0.2) is 18.2 Å². The molecule has 1 rings (SSSR count). The van der Waals surface area contributed by atoms with E-state index in [4.69, 9.17) is 5.73 Å². The second kappa shape index (κ2) is 6.50. The van der Waals surface area contributed by atoms with Gasteiger partial charge < -0.3 is 11.1 Å². The number of halogens is 1. The molecule has 0 saturated heterocycles. The van der Waals surface area contributed by atoms with Crippen molar-refractivity contribution in [2.24, 2.45) is 11.7 Å². The summed E-state index contributed by atoms with van der Waals surface area (Å²) in [6, 6.07) is 4.35. The quantitative estimate of drug-likeness (QED) is 0.844. The fourth-order valence-corrected chi connectivity index (χ4v) is 1.87. The van der Waals surface area contributed by atoms with Gasteiger partial charge in [0.1, 0.15) is 5.82 Å². The van der Waals surface area contributed by atoms with Crippen LogP contribution in [0, 0.1) is 18.7 Å². The van der Waals surface area contributed by atoms with Crippen LogP contribution in [0.4, 0.5) is 4.39 Å². The molecule has 1 unspecified atom stereocenters. The molecular formula is C14H21FN2O. The summed E-state index contributed by atoms with van der Waals surface area (Å²) < 4.78 is 13.2. The summed E-state index contributed by atoms with van der Waals surface area (Å²) in [4.78, 5) is 12.0. The Morgan fingerprint density at radius 2 is 2.06 bits per heavy atom. The number of rotatable bonds is 5. The Kier molecular flexibility index (Phi) is 5.28. The Labute approximate surface area is 108 Å². The number of nitrogens with two attached hydrogens (primary N) is 1. The number of carbonyl (C=O) groups excluding carboxylic acids is 1. The smallest absolute Gasteiger partial charge is 0.251 e. The minimum absolute atomic E-state index is 0.0195. The lowest BCUT2D eigenvalue weighted by Crippen LogP contribution is -2.40. The van der Waals surface area contributed by atoms with Gasteiger partial charge in [0.05, 0.1) is 0 Å². The van der Waals surface area contributed by atoms with E-state index in [9.17, 15) is 9.18 Å². The van der Waals surface area contributed by atoms with E-state index in [0.717, 1.165) is 12.0 Å². The van der Waals surface area contributed by atoms with Gasteiger partial charge in [-0.3, -0.25) is 4.79 Å². The van der Waals surface area contributed by atoms with E-state index in [-0.39, 0.29) is 17.8 Å². The molecule has 0 saturated carbocycles. The highest BCUT2D eigenvalue weighted by atomic mass is 19.1. The molecule has 1 aromatic carbocycles. The van der Waals surface area contributed by atoms with E-state index in [2.05, 4.69) is 5.32 Å². The van der Waals surface area contributed by atoms with Crippen molar-refractivity contribution >= 4 is 5.91 Å². The molecular weight excluding hydrogens is 231 g/mol. The molecule has 0 fully saturated rings. The van der Waals surface area contributed by atoms with Crippen molar-refractivity contribution in [2.45, 2.75) is 33.2 Å². The average Bonchev–Trinajstić information content (AvgIpc) is 2.26. The van der Waals surface area contributed by atoms with Crippen molar-refractivity contribution in [3.8, 4) is 0 Å². The molecule has 3 nitrogen and oxygen atoms in total. The molecule has 4 heteroatoms. The molecule has 1 amide bonds. The van der Waals surface area contributed by atoms with Gasteiger partial charge in [-0.25, -0.2) is 4.39 Å². The molecule has 100 valence electrons. The average molecular weight is 252 g/mol. The monoisotopic (exact) mass is 252 g/mol. The third kappa shape index (κ3) is 4.11. The molecule has 1 aromatic rings. The van der Waals surface area contributed by atoms with Crippen LogP contribution < -0.4 is 11.1 Å². The normalized spacial score (nSPS) is 12.6. The first-order valence-electron chi connectivity index (χ1n) is 6.22. The van der Waals surface area contributed by atoms with Crippen LogP contribution in [0.2, 0.25) is 0 Å². The summed E-state index contributed by atoms with van der Waals surface area (Å²) in [6.07, 6.45) is 0.720. The van der Waals surface area contributed by atoms with Gasteiger partial charge in [0.25, 0.3) is 5.91 Å². The van der Waals surface area contributed by atoms with Gasteiger partial charge in [0.15, 0.2) is 0 Å². The molecule has 0 aliphatic carbocycles. The molecule has 0 spiro atoms. The zero-order chi connectivity index (χ0) is 13.7. The van der Waals surface area contributed by atoms with Crippen LogP contribution in [0.3, 0.4) is 0 Å². The number of nitrogens with one attached hydrogen (secondary N) is 1. The van der Waals surface area contributed by atoms with Crippen LogP contribution >= 0.6 is 0 Å². The summed E-state index contributed by atoms with van der Waals surface area (Å²) >= 11 is 0. The fraction of sp³-hybridized carbons (Fsp3) is 0.500. The number of aryl methyl sites for hydroxylation is 1. The molecule has 0 aliphatic rings. The van der Waals surface area contributed by atoms with E-state index in [1.54, 1.807) is 13.0 Å². The fourth-order valence-electron chi connectivity index (χ4n) is 1.87. The Balaban J connectivity index is 2.80. The zero-order valence-corrected chi connectivity index (χ0v) is 11.2. The lowest BCUT2D eigenvalue weighted by Gasteiger charge is -2.21. The summed E-state index contributed by atoms with van der Waals surface area (Å²) in [5.74, 6) is -0.336. The Bertz CT molecular complexity index is 398. The lowest BCUT2D eigenvalue weighted by atomic mass is 10.0. The summed E-state index contributed by atoms with van der Waals surface area (Å²) in [6.45, 7) is 6.33. The topological polar surface area (TPSA) is 55.1 Å². The number of amides is 1. The van der Waals surface area contributed by atoms with Gasteiger partial charge >= 0.3 is 0 Å². The maximum Gasteiger partial charge on any atom is 0.251 e. The minimum atomic E-state index is -0.389. The van der Waals surface area contributed by atoms with Crippen molar-refractivity contribution in [1.82, 2.24) is 5.32 Å². The van der Waals surface area contributed by atoms with Crippen molar-refractivity contribution < 1.29 is 9.18 Å². The number of carbonyl (C=O) groups is 1. The van der Waals surface area contributed by atoms with E-state index < -0.39 is 0 Å². The van der Waals surface area contributed by atoms with Crippen molar-refractivity contribution in [2.75, 3.05) is 6.54 Å². The number of hydrogen-bond acceptors (Lipinski definition) is 2. The molecule has 0 radical (unpaired) electrons. The maximum absolute atomic E-state index is 13.2. The molecule has 1 atom stereocenters. The molecule has 18 heavy (non-hydrogen) atoms. The Hall–Kier alpha value is -1.42. The number of hydrogen-bond donors (Lipinski definition) is 2. The third-order valence-corrected chi connectivity index (χ3v) is 2.90. The highest BCUT2D eigenvalue weighted by molar-refractivity contribution is 5.94. The highest BCUT2D eigenvalue weighted by Gasteiger charge is 2.16. The van der Waals surface area contributed by atoms with Crippen LogP contribution in [-0.4, -0.2) is 18.5 Å². The van der Waals surface area contributed by atoms with E-state index in [1.807, 2.05) is 13.8 Å². The highest BCUT2D eigenvalue weighted by Crippen LogP contribution is 2.11. The maximum atomic E-state index is 13.2.